The van der Waals surface area contributed by atoms with E-state index in [2.05, 4.69) is 21.3 Å². The predicted octanol–water partition coefficient (Wildman–Crippen LogP) is 1.64. The van der Waals surface area contributed by atoms with Crippen molar-refractivity contribution in [3.05, 3.63) is 40.7 Å². The molecule has 1 aromatic rings. The third kappa shape index (κ3) is 7.85. The number of ketones is 1. The van der Waals surface area contributed by atoms with E-state index in [-0.39, 0.29) is 34.9 Å². The highest BCUT2D eigenvalue weighted by molar-refractivity contribution is 6.38. The first-order chi connectivity index (χ1) is 17.7. The number of carbonyl (C=O) groups is 5. The van der Waals surface area contributed by atoms with Gasteiger partial charge >= 0.3 is 0 Å². The van der Waals surface area contributed by atoms with Crippen LogP contribution in [0.15, 0.2) is 24.3 Å². The Morgan fingerprint density at radius 2 is 1.81 bits per heavy atom. The van der Waals surface area contributed by atoms with Crippen molar-refractivity contribution in [2.75, 3.05) is 6.54 Å². The highest BCUT2D eigenvalue weighted by Gasteiger charge is 2.38. The molecule has 1 aliphatic heterocycles. The lowest BCUT2D eigenvalue weighted by molar-refractivity contribution is -0.141. The summed E-state index contributed by atoms with van der Waals surface area (Å²) < 4.78 is 14.0. The van der Waals surface area contributed by atoms with Crippen LogP contribution in [0.1, 0.15) is 50.5 Å². The van der Waals surface area contributed by atoms with E-state index in [1.807, 2.05) is 0 Å². The number of carbonyl (C=O) groups excluding carboxylic acids is 5. The largest absolute Gasteiger partial charge is 0.356 e. The first-order valence-electron chi connectivity index (χ1n) is 12.6. The van der Waals surface area contributed by atoms with Crippen molar-refractivity contribution in [3.63, 3.8) is 0 Å². The summed E-state index contributed by atoms with van der Waals surface area (Å²) in [6.45, 7) is 0.466. The van der Waals surface area contributed by atoms with E-state index in [9.17, 15) is 28.4 Å². The van der Waals surface area contributed by atoms with Gasteiger partial charge in [-0.15, -0.1) is 0 Å². The Bertz CT molecular complexity index is 1120. The van der Waals surface area contributed by atoms with Gasteiger partial charge < -0.3 is 21.3 Å². The van der Waals surface area contributed by atoms with Gasteiger partial charge in [-0.2, -0.15) is 0 Å². The van der Waals surface area contributed by atoms with Gasteiger partial charge in [-0.05, 0) is 56.2 Å². The molecule has 4 amide bonds. The van der Waals surface area contributed by atoms with Crippen LogP contribution in [0.2, 0.25) is 5.02 Å². The molecule has 37 heavy (non-hydrogen) atoms. The zero-order valence-corrected chi connectivity index (χ0v) is 21.0. The fourth-order valence-corrected chi connectivity index (χ4v) is 4.40. The summed E-state index contributed by atoms with van der Waals surface area (Å²) in [6, 6.07) is 1.85. The molecule has 2 saturated carbocycles. The summed E-state index contributed by atoms with van der Waals surface area (Å²) in [6.07, 6.45) is 6.67. The number of halogens is 2. The van der Waals surface area contributed by atoms with E-state index in [0.29, 0.717) is 19.4 Å². The van der Waals surface area contributed by atoms with Crippen LogP contribution in [0, 0.1) is 17.7 Å². The molecular formula is C26H30ClFN4O5. The molecule has 1 saturated heterocycles. The summed E-state index contributed by atoms with van der Waals surface area (Å²) >= 11 is 5.75. The maximum Gasteiger partial charge on any atom is 0.289 e. The molecule has 2 unspecified atom stereocenters. The zero-order valence-electron chi connectivity index (χ0n) is 20.2. The van der Waals surface area contributed by atoms with E-state index in [1.165, 1.54) is 18.2 Å². The fraction of sp³-hybridized carbons (Fsp3) is 0.500. The molecule has 3 aliphatic rings. The highest BCUT2D eigenvalue weighted by Crippen LogP contribution is 2.33. The molecule has 3 fully saturated rings. The number of amides is 4. The van der Waals surface area contributed by atoms with Gasteiger partial charge in [0, 0.05) is 35.2 Å². The van der Waals surface area contributed by atoms with Crippen LogP contribution in [0.3, 0.4) is 0 Å². The number of hydrogen-bond acceptors (Lipinski definition) is 5. The first-order valence-corrected chi connectivity index (χ1v) is 12.9. The van der Waals surface area contributed by atoms with Gasteiger partial charge in [-0.3, -0.25) is 24.0 Å². The molecule has 1 aromatic carbocycles. The van der Waals surface area contributed by atoms with E-state index in [4.69, 9.17) is 11.6 Å². The van der Waals surface area contributed by atoms with Crippen LogP contribution in [-0.4, -0.2) is 54.1 Å². The summed E-state index contributed by atoms with van der Waals surface area (Å²) in [7, 11) is 0. The van der Waals surface area contributed by atoms with Gasteiger partial charge in [-0.25, -0.2) is 4.39 Å². The molecule has 1 heterocycles. The Hall–Kier alpha value is -3.27. The number of hydrogen-bond donors (Lipinski definition) is 4. The summed E-state index contributed by atoms with van der Waals surface area (Å²) in [4.78, 5) is 63.3. The van der Waals surface area contributed by atoms with Crippen LogP contribution in [0.4, 0.5) is 4.39 Å². The number of Topliss-reactive ketones (excluding diaryl/α,β-unsaturated/α-hetero) is 1. The normalized spacial score (nSPS) is 20.7. The molecule has 0 aromatic heterocycles. The minimum atomic E-state index is -1.20. The lowest BCUT2D eigenvalue weighted by atomic mass is 9.95. The lowest BCUT2D eigenvalue weighted by Gasteiger charge is -2.23. The van der Waals surface area contributed by atoms with E-state index < -0.39 is 47.3 Å². The molecular weight excluding hydrogens is 503 g/mol. The second kappa shape index (κ2) is 11.9. The van der Waals surface area contributed by atoms with Crippen molar-refractivity contribution in [2.24, 2.45) is 11.8 Å². The predicted molar refractivity (Wildman–Crippen MR) is 134 cm³/mol. The Labute approximate surface area is 218 Å². The maximum absolute atomic E-state index is 14.0. The molecule has 0 bridgehead atoms. The Morgan fingerprint density at radius 1 is 1.05 bits per heavy atom. The quantitative estimate of drug-likeness (QED) is 0.240. The van der Waals surface area contributed by atoms with Crippen molar-refractivity contribution in [3.8, 4) is 0 Å². The van der Waals surface area contributed by atoms with Gasteiger partial charge in [0.2, 0.25) is 23.5 Å². The smallest absolute Gasteiger partial charge is 0.289 e. The second-order valence-electron chi connectivity index (χ2n) is 9.92. The molecule has 4 N–H and O–H groups in total. The molecule has 11 heteroatoms. The average Bonchev–Trinajstić information content (AvgIpc) is 3.78. The van der Waals surface area contributed by atoms with E-state index in [1.54, 1.807) is 0 Å². The molecule has 4 rings (SSSR count). The summed E-state index contributed by atoms with van der Waals surface area (Å²) in [5, 5.41) is 10.8. The van der Waals surface area contributed by atoms with Crippen LogP contribution < -0.4 is 21.3 Å². The third-order valence-corrected chi connectivity index (χ3v) is 6.96. The van der Waals surface area contributed by atoms with Gasteiger partial charge in [0.1, 0.15) is 11.9 Å². The van der Waals surface area contributed by atoms with E-state index >= 15 is 0 Å². The zero-order chi connectivity index (χ0) is 26.5. The monoisotopic (exact) mass is 532 g/mol. The Morgan fingerprint density at radius 3 is 2.43 bits per heavy atom. The van der Waals surface area contributed by atoms with Crippen LogP contribution in [-0.2, 0) is 24.0 Å². The van der Waals surface area contributed by atoms with E-state index in [0.717, 1.165) is 37.8 Å². The maximum atomic E-state index is 14.0. The molecule has 9 nitrogen and oxygen atoms in total. The van der Waals surface area contributed by atoms with Crippen LogP contribution in [0.5, 0.6) is 0 Å². The summed E-state index contributed by atoms with van der Waals surface area (Å²) in [5.41, 5.74) is 0.157. The Kier molecular flexibility index (Phi) is 8.58. The number of nitrogens with one attached hydrogen (secondary N) is 4. The molecule has 0 radical (unpaired) electrons. The van der Waals surface area contributed by atoms with Crippen LogP contribution in [0.25, 0.3) is 6.08 Å². The third-order valence-electron chi connectivity index (χ3n) is 6.73. The van der Waals surface area contributed by atoms with Crippen molar-refractivity contribution < 1.29 is 28.4 Å². The molecule has 0 spiro atoms. The Balaban J connectivity index is 1.43. The van der Waals surface area contributed by atoms with Gasteiger partial charge in [0.05, 0.1) is 6.04 Å². The summed E-state index contributed by atoms with van der Waals surface area (Å²) in [5.74, 6) is -3.89. The van der Waals surface area contributed by atoms with Crippen molar-refractivity contribution in [2.45, 2.75) is 63.1 Å². The SMILES string of the molecule is O=C(/C=C/c1ccc(Cl)cc1F)NC(CC1CC1)C(=O)NC(C[C@@H]1CCNC1=O)C(=O)C(=O)NC1CC1. The van der Waals surface area contributed by atoms with Crippen molar-refractivity contribution in [1.82, 2.24) is 21.3 Å². The topological polar surface area (TPSA) is 133 Å². The van der Waals surface area contributed by atoms with Gasteiger partial charge in [0.25, 0.3) is 5.91 Å². The standard InChI is InChI=1S/C26H30ClFN4O5/c27-17-5-3-15(19(28)13-17)4-8-22(33)31-21(11-14-1-2-14)25(36)32-20(12-16-9-10-29-24(16)35)23(34)26(37)30-18-6-7-18/h3-5,8,13-14,16,18,20-21H,1-2,6-7,9-12H2,(H,29,35)(H,30,37)(H,31,33)(H,32,36)/b8-4+/t16-,20?,21?/m0/s1. The average molecular weight is 533 g/mol. The highest BCUT2D eigenvalue weighted by atomic mass is 35.5. The minimum Gasteiger partial charge on any atom is -0.356 e. The number of rotatable bonds is 12. The van der Waals surface area contributed by atoms with Crippen LogP contribution >= 0.6 is 11.6 Å². The van der Waals surface area contributed by atoms with Gasteiger partial charge in [-0.1, -0.05) is 30.5 Å². The lowest BCUT2D eigenvalue weighted by Crippen LogP contribution is -2.54. The molecule has 198 valence electrons. The first kappa shape index (κ1) is 26.8. The minimum absolute atomic E-state index is 0.00562. The molecule has 3 atom stereocenters. The number of benzene rings is 1. The van der Waals surface area contributed by atoms with Crippen molar-refractivity contribution >= 4 is 47.1 Å². The second-order valence-corrected chi connectivity index (χ2v) is 10.4. The fourth-order valence-electron chi connectivity index (χ4n) is 4.24. The molecule has 2 aliphatic carbocycles. The van der Waals surface area contributed by atoms with Crippen molar-refractivity contribution in [1.29, 1.82) is 0 Å². The van der Waals surface area contributed by atoms with Gasteiger partial charge in [0.15, 0.2) is 0 Å².